The predicted octanol–water partition coefficient (Wildman–Crippen LogP) is 1.11. The maximum Gasteiger partial charge on any atom is 0.00992 e. The second-order valence-corrected chi connectivity index (χ2v) is 4.60. The Bertz CT molecular complexity index is 163. The summed E-state index contributed by atoms with van der Waals surface area (Å²) in [6.07, 6.45) is 5.43. The lowest BCUT2D eigenvalue weighted by atomic mass is 10.1. The van der Waals surface area contributed by atoms with Crippen LogP contribution < -0.4 is 11.1 Å². The third kappa shape index (κ3) is 1.64. The SMILES string of the molecule is CCC1CC1NCC1(CN)CC1. The van der Waals surface area contributed by atoms with Crippen LogP contribution in [-0.2, 0) is 0 Å². The molecule has 12 heavy (non-hydrogen) atoms. The third-order valence-corrected chi connectivity index (χ3v) is 3.58. The van der Waals surface area contributed by atoms with Crippen molar-refractivity contribution in [3.63, 3.8) is 0 Å². The molecule has 2 heteroatoms. The van der Waals surface area contributed by atoms with E-state index in [2.05, 4.69) is 12.2 Å². The number of rotatable bonds is 5. The van der Waals surface area contributed by atoms with Crippen LogP contribution in [0.25, 0.3) is 0 Å². The van der Waals surface area contributed by atoms with E-state index in [1.807, 2.05) is 0 Å². The van der Waals surface area contributed by atoms with Gasteiger partial charge in [-0.1, -0.05) is 13.3 Å². The first-order chi connectivity index (χ1) is 5.79. The molecule has 0 radical (unpaired) electrons. The summed E-state index contributed by atoms with van der Waals surface area (Å²) in [7, 11) is 0. The summed E-state index contributed by atoms with van der Waals surface area (Å²) in [4.78, 5) is 0. The van der Waals surface area contributed by atoms with E-state index in [9.17, 15) is 0 Å². The highest BCUT2D eigenvalue weighted by molar-refractivity contribution is 4.99. The number of nitrogens with one attached hydrogen (secondary N) is 1. The molecule has 0 heterocycles. The second-order valence-electron chi connectivity index (χ2n) is 4.60. The lowest BCUT2D eigenvalue weighted by Crippen LogP contribution is -2.31. The minimum Gasteiger partial charge on any atom is -0.330 e. The van der Waals surface area contributed by atoms with Gasteiger partial charge in [0.25, 0.3) is 0 Å². The standard InChI is InChI=1S/C10H20N2/c1-2-8-5-9(8)12-7-10(6-11)3-4-10/h8-9,12H,2-7,11H2,1H3. The molecule has 2 atom stereocenters. The fraction of sp³-hybridized carbons (Fsp3) is 1.00. The van der Waals surface area contributed by atoms with E-state index in [4.69, 9.17) is 5.73 Å². The Labute approximate surface area is 74.9 Å². The quantitative estimate of drug-likeness (QED) is 0.645. The van der Waals surface area contributed by atoms with Crippen LogP contribution in [0.1, 0.15) is 32.6 Å². The van der Waals surface area contributed by atoms with Crippen molar-refractivity contribution in [2.24, 2.45) is 17.1 Å². The van der Waals surface area contributed by atoms with Crippen molar-refractivity contribution >= 4 is 0 Å². The topological polar surface area (TPSA) is 38.0 Å². The van der Waals surface area contributed by atoms with Gasteiger partial charge in [-0.2, -0.15) is 0 Å². The molecule has 2 saturated carbocycles. The highest BCUT2D eigenvalue weighted by Crippen LogP contribution is 2.44. The van der Waals surface area contributed by atoms with Crippen molar-refractivity contribution in [2.45, 2.75) is 38.6 Å². The molecule has 0 saturated heterocycles. The zero-order valence-electron chi connectivity index (χ0n) is 7.97. The predicted molar refractivity (Wildman–Crippen MR) is 50.9 cm³/mol. The molecule has 2 aliphatic rings. The number of nitrogens with two attached hydrogens (primary N) is 1. The molecule has 70 valence electrons. The van der Waals surface area contributed by atoms with Crippen molar-refractivity contribution in [2.75, 3.05) is 13.1 Å². The van der Waals surface area contributed by atoms with Gasteiger partial charge in [-0.25, -0.2) is 0 Å². The van der Waals surface area contributed by atoms with Crippen LogP contribution in [0.5, 0.6) is 0 Å². The van der Waals surface area contributed by atoms with Crippen molar-refractivity contribution in [3.05, 3.63) is 0 Å². The van der Waals surface area contributed by atoms with Gasteiger partial charge in [0.15, 0.2) is 0 Å². The Balaban J connectivity index is 1.63. The number of hydrogen-bond acceptors (Lipinski definition) is 2. The van der Waals surface area contributed by atoms with Crippen LogP contribution in [-0.4, -0.2) is 19.1 Å². The summed E-state index contributed by atoms with van der Waals surface area (Å²) < 4.78 is 0. The van der Waals surface area contributed by atoms with Crippen LogP contribution in [0, 0.1) is 11.3 Å². The summed E-state index contributed by atoms with van der Waals surface area (Å²) >= 11 is 0. The Morgan fingerprint density at radius 2 is 2.25 bits per heavy atom. The molecule has 0 bridgehead atoms. The fourth-order valence-electron chi connectivity index (χ4n) is 1.93. The fourth-order valence-corrected chi connectivity index (χ4v) is 1.93. The van der Waals surface area contributed by atoms with Gasteiger partial charge < -0.3 is 11.1 Å². The molecule has 0 aromatic carbocycles. The Kier molecular flexibility index (Phi) is 2.13. The summed E-state index contributed by atoms with van der Waals surface area (Å²) in [5.41, 5.74) is 6.22. The van der Waals surface area contributed by atoms with Gasteiger partial charge in [0.05, 0.1) is 0 Å². The van der Waals surface area contributed by atoms with Gasteiger partial charge >= 0.3 is 0 Å². The highest BCUT2D eigenvalue weighted by atomic mass is 15.0. The first-order valence-electron chi connectivity index (χ1n) is 5.23. The zero-order chi connectivity index (χ0) is 8.60. The average molecular weight is 168 g/mol. The van der Waals surface area contributed by atoms with E-state index in [0.717, 1.165) is 18.5 Å². The maximum atomic E-state index is 5.70. The van der Waals surface area contributed by atoms with Gasteiger partial charge in [0.2, 0.25) is 0 Å². The van der Waals surface area contributed by atoms with Crippen molar-refractivity contribution < 1.29 is 0 Å². The molecular formula is C10H20N2. The summed E-state index contributed by atoms with van der Waals surface area (Å²) in [6.45, 7) is 4.33. The normalized spacial score (nSPS) is 36.5. The molecule has 0 aromatic rings. The largest absolute Gasteiger partial charge is 0.330 e. The first-order valence-corrected chi connectivity index (χ1v) is 5.23. The molecule has 2 aliphatic carbocycles. The third-order valence-electron chi connectivity index (χ3n) is 3.58. The lowest BCUT2D eigenvalue weighted by Gasteiger charge is -2.12. The van der Waals surface area contributed by atoms with Crippen molar-refractivity contribution in [3.8, 4) is 0 Å². The smallest absolute Gasteiger partial charge is 0.00992 e. The minimum atomic E-state index is 0.515. The summed E-state index contributed by atoms with van der Waals surface area (Å²) in [5.74, 6) is 0.971. The average Bonchev–Trinajstić information content (AvgIpc) is 2.99. The van der Waals surface area contributed by atoms with Gasteiger partial charge in [-0.15, -0.1) is 0 Å². The maximum absolute atomic E-state index is 5.70. The van der Waals surface area contributed by atoms with E-state index in [1.54, 1.807) is 0 Å². The second kappa shape index (κ2) is 3.00. The lowest BCUT2D eigenvalue weighted by molar-refractivity contribution is 0.457. The molecular weight excluding hydrogens is 148 g/mol. The van der Waals surface area contributed by atoms with Crippen LogP contribution in [0.3, 0.4) is 0 Å². The Morgan fingerprint density at radius 3 is 2.67 bits per heavy atom. The molecule has 2 rings (SSSR count). The van der Waals surface area contributed by atoms with Crippen LogP contribution in [0.2, 0.25) is 0 Å². The first kappa shape index (κ1) is 8.52. The van der Waals surface area contributed by atoms with E-state index in [1.165, 1.54) is 32.2 Å². The molecule has 3 N–H and O–H groups in total. The van der Waals surface area contributed by atoms with Crippen molar-refractivity contribution in [1.82, 2.24) is 5.32 Å². The van der Waals surface area contributed by atoms with Gasteiger partial charge in [-0.3, -0.25) is 0 Å². The molecule has 0 amide bonds. The summed E-state index contributed by atoms with van der Waals surface area (Å²) in [6, 6.07) is 0.832. The van der Waals surface area contributed by atoms with E-state index in [-0.39, 0.29) is 0 Å². The number of hydrogen-bond donors (Lipinski definition) is 2. The van der Waals surface area contributed by atoms with Crippen molar-refractivity contribution in [1.29, 1.82) is 0 Å². The van der Waals surface area contributed by atoms with Crippen LogP contribution >= 0.6 is 0 Å². The van der Waals surface area contributed by atoms with Crippen LogP contribution in [0.4, 0.5) is 0 Å². The van der Waals surface area contributed by atoms with Gasteiger partial charge in [0, 0.05) is 12.6 Å². The molecule has 2 nitrogen and oxygen atoms in total. The van der Waals surface area contributed by atoms with Gasteiger partial charge in [0.1, 0.15) is 0 Å². The molecule has 0 aromatic heterocycles. The summed E-state index contributed by atoms with van der Waals surface area (Å²) in [5, 5.41) is 3.63. The minimum absolute atomic E-state index is 0.515. The van der Waals surface area contributed by atoms with Crippen LogP contribution in [0.15, 0.2) is 0 Å². The van der Waals surface area contributed by atoms with E-state index >= 15 is 0 Å². The Morgan fingerprint density at radius 1 is 1.50 bits per heavy atom. The molecule has 2 fully saturated rings. The zero-order valence-corrected chi connectivity index (χ0v) is 7.97. The van der Waals surface area contributed by atoms with E-state index < -0.39 is 0 Å². The molecule has 0 aliphatic heterocycles. The monoisotopic (exact) mass is 168 g/mol. The highest BCUT2D eigenvalue weighted by Gasteiger charge is 2.43. The van der Waals surface area contributed by atoms with Gasteiger partial charge in [-0.05, 0) is 37.1 Å². The molecule has 0 spiro atoms. The Hall–Kier alpha value is -0.0800. The van der Waals surface area contributed by atoms with E-state index in [0.29, 0.717) is 5.41 Å². The molecule has 2 unspecified atom stereocenters.